The van der Waals surface area contributed by atoms with Gasteiger partial charge in [0, 0.05) is 12.1 Å². The lowest BCUT2D eigenvalue weighted by molar-refractivity contribution is 0.112. The van der Waals surface area contributed by atoms with Crippen LogP contribution in [-0.2, 0) is 6.54 Å². The van der Waals surface area contributed by atoms with Gasteiger partial charge in [-0.1, -0.05) is 0 Å². The molecule has 0 atom stereocenters. The number of phenols is 1. The van der Waals surface area contributed by atoms with Gasteiger partial charge in [-0.25, -0.2) is 0 Å². The summed E-state index contributed by atoms with van der Waals surface area (Å²) in [7, 11) is 0. The minimum absolute atomic E-state index is 0.0788. The van der Waals surface area contributed by atoms with E-state index in [1.165, 1.54) is 12.1 Å². The standard InChI is InChI=1S/C8H9NO2/c9-4-6-1-7(5-10)3-8(11)2-6/h1-3,5,11H,4,9H2. The Morgan fingerprint density at radius 2 is 2.18 bits per heavy atom. The van der Waals surface area contributed by atoms with Crippen molar-refractivity contribution in [1.29, 1.82) is 0 Å². The van der Waals surface area contributed by atoms with Crippen LogP contribution in [0.3, 0.4) is 0 Å². The van der Waals surface area contributed by atoms with Crippen LogP contribution in [0.15, 0.2) is 18.2 Å². The largest absolute Gasteiger partial charge is 0.508 e. The summed E-state index contributed by atoms with van der Waals surface area (Å²) < 4.78 is 0. The van der Waals surface area contributed by atoms with E-state index >= 15 is 0 Å². The number of hydrogen-bond acceptors (Lipinski definition) is 3. The van der Waals surface area contributed by atoms with Gasteiger partial charge in [-0.05, 0) is 23.8 Å². The summed E-state index contributed by atoms with van der Waals surface area (Å²) in [5.74, 6) is 0.0788. The van der Waals surface area contributed by atoms with E-state index in [0.29, 0.717) is 18.4 Å². The van der Waals surface area contributed by atoms with Gasteiger partial charge >= 0.3 is 0 Å². The zero-order chi connectivity index (χ0) is 8.27. The van der Waals surface area contributed by atoms with Gasteiger partial charge in [-0.15, -0.1) is 0 Å². The Kier molecular flexibility index (Phi) is 2.23. The van der Waals surface area contributed by atoms with Crippen LogP contribution in [0, 0.1) is 0 Å². The topological polar surface area (TPSA) is 63.3 Å². The van der Waals surface area contributed by atoms with E-state index in [0.717, 1.165) is 5.56 Å². The molecule has 3 N–H and O–H groups in total. The van der Waals surface area contributed by atoms with E-state index in [9.17, 15) is 4.79 Å². The van der Waals surface area contributed by atoms with E-state index in [4.69, 9.17) is 10.8 Å². The number of phenolic OH excluding ortho intramolecular Hbond substituents is 1. The molecule has 0 aromatic heterocycles. The summed E-state index contributed by atoms with van der Waals surface area (Å²) in [4.78, 5) is 10.3. The first-order chi connectivity index (χ1) is 5.26. The number of carbonyl (C=O) groups is 1. The van der Waals surface area contributed by atoms with Crippen LogP contribution in [0.1, 0.15) is 15.9 Å². The molecule has 1 aromatic rings. The smallest absolute Gasteiger partial charge is 0.150 e. The molecule has 58 valence electrons. The summed E-state index contributed by atoms with van der Waals surface area (Å²) >= 11 is 0. The highest BCUT2D eigenvalue weighted by Crippen LogP contribution is 2.13. The van der Waals surface area contributed by atoms with Gasteiger partial charge in [0.1, 0.15) is 12.0 Å². The van der Waals surface area contributed by atoms with Crippen molar-refractivity contribution in [2.24, 2.45) is 5.73 Å². The molecule has 0 bridgehead atoms. The number of carbonyl (C=O) groups excluding carboxylic acids is 1. The molecule has 0 saturated carbocycles. The van der Waals surface area contributed by atoms with Crippen molar-refractivity contribution in [2.75, 3.05) is 0 Å². The zero-order valence-electron chi connectivity index (χ0n) is 5.95. The highest BCUT2D eigenvalue weighted by molar-refractivity contribution is 5.75. The van der Waals surface area contributed by atoms with Crippen molar-refractivity contribution in [2.45, 2.75) is 6.54 Å². The molecule has 0 aliphatic carbocycles. The minimum Gasteiger partial charge on any atom is -0.508 e. The second-order valence-electron chi connectivity index (χ2n) is 2.25. The fraction of sp³-hybridized carbons (Fsp3) is 0.125. The molecule has 0 aliphatic rings. The molecule has 0 unspecified atom stereocenters. The second-order valence-corrected chi connectivity index (χ2v) is 2.25. The van der Waals surface area contributed by atoms with Crippen LogP contribution < -0.4 is 5.73 Å². The highest BCUT2D eigenvalue weighted by Gasteiger charge is 1.96. The van der Waals surface area contributed by atoms with E-state index in [-0.39, 0.29) is 5.75 Å². The van der Waals surface area contributed by atoms with Gasteiger partial charge in [0.05, 0.1) is 0 Å². The molecule has 0 amide bonds. The molecular weight excluding hydrogens is 142 g/mol. The molecular formula is C8H9NO2. The molecule has 1 rings (SSSR count). The lowest BCUT2D eigenvalue weighted by atomic mass is 10.1. The highest BCUT2D eigenvalue weighted by atomic mass is 16.3. The van der Waals surface area contributed by atoms with E-state index in [1.807, 2.05) is 0 Å². The molecule has 3 heteroatoms. The number of aldehydes is 1. The summed E-state index contributed by atoms with van der Waals surface area (Å²) in [5, 5.41) is 9.04. The number of benzene rings is 1. The number of aromatic hydroxyl groups is 1. The van der Waals surface area contributed by atoms with Crippen LogP contribution in [0.2, 0.25) is 0 Å². The summed E-state index contributed by atoms with van der Waals surface area (Å²) in [6.45, 7) is 0.329. The molecule has 0 aliphatic heterocycles. The van der Waals surface area contributed by atoms with E-state index < -0.39 is 0 Å². The molecule has 3 nitrogen and oxygen atoms in total. The van der Waals surface area contributed by atoms with Gasteiger partial charge in [-0.3, -0.25) is 4.79 Å². The number of nitrogens with two attached hydrogens (primary N) is 1. The minimum atomic E-state index is 0.0788. The Balaban J connectivity index is 3.11. The monoisotopic (exact) mass is 151 g/mol. The Bertz CT molecular complexity index is 271. The van der Waals surface area contributed by atoms with Crippen LogP contribution in [-0.4, -0.2) is 11.4 Å². The third-order valence-electron chi connectivity index (χ3n) is 1.37. The normalized spacial score (nSPS) is 9.55. The van der Waals surface area contributed by atoms with Crippen LogP contribution >= 0.6 is 0 Å². The third kappa shape index (κ3) is 1.78. The third-order valence-corrected chi connectivity index (χ3v) is 1.37. The van der Waals surface area contributed by atoms with Crippen LogP contribution in [0.25, 0.3) is 0 Å². The predicted molar refractivity (Wildman–Crippen MR) is 41.4 cm³/mol. The second kappa shape index (κ2) is 3.16. The average Bonchev–Trinajstić information content (AvgIpc) is 2.03. The average molecular weight is 151 g/mol. The summed E-state index contributed by atoms with van der Waals surface area (Å²) in [6, 6.07) is 4.58. The van der Waals surface area contributed by atoms with Crippen molar-refractivity contribution in [3.63, 3.8) is 0 Å². The van der Waals surface area contributed by atoms with E-state index in [1.54, 1.807) is 6.07 Å². The molecule has 1 aromatic carbocycles. The fourth-order valence-corrected chi connectivity index (χ4v) is 0.886. The molecule has 0 heterocycles. The van der Waals surface area contributed by atoms with Gasteiger partial charge in [-0.2, -0.15) is 0 Å². The quantitative estimate of drug-likeness (QED) is 0.610. The first-order valence-electron chi connectivity index (χ1n) is 3.24. The van der Waals surface area contributed by atoms with Gasteiger partial charge in [0.15, 0.2) is 0 Å². The maximum atomic E-state index is 10.3. The Labute approximate surface area is 64.5 Å². The summed E-state index contributed by atoms with van der Waals surface area (Å²) in [5.41, 5.74) is 6.52. The van der Waals surface area contributed by atoms with Gasteiger partial charge in [0.25, 0.3) is 0 Å². The number of hydrogen-bond donors (Lipinski definition) is 2. The molecule has 0 fully saturated rings. The van der Waals surface area contributed by atoms with Crippen molar-refractivity contribution in [3.05, 3.63) is 29.3 Å². The van der Waals surface area contributed by atoms with Crippen molar-refractivity contribution >= 4 is 6.29 Å². The summed E-state index contributed by atoms with van der Waals surface area (Å²) in [6.07, 6.45) is 0.679. The number of rotatable bonds is 2. The first-order valence-corrected chi connectivity index (χ1v) is 3.24. The van der Waals surface area contributed by atoms with Gasteiger partial charge < -0.3 is 10.8 Å². The van der Waals surface area contributed by atoms with Gasteiger partial charge in [0.2, 0.25) is 0 Å². The lowest BCUT2D eigenvalue weighted by Gasteiger charge is -1.98. The molecule has 11 heavy (non-hydrogen) atoms. The molecule has 0 radical (unpaired) electrons. The molecule has 0 saturated heterocycles. The zero-order valence-corrected chi connectivity index (χ0v) is 5.95. The molecule has 0 spiro atoms. The van der Waals surface area contributed by atoms with Crippen LogP contribution in [0.4, 0.5) is 0 Å². The fourth-order valence-electron chi connectivity index (χ4n) is 0.886. The Morgan fingerprint density at radius 1 is 1.45 bits per heavy atom. The van der Waals surface area contributed by atoms with Crippen molar-refractivity contribution < 1.29 is 9.90 Å². The maximum Gasteiger partial charge on any atom is 0.150 e. The Morgan fingerprint density at radius 3 is 2.73 bits per heavy atom. The van der Waals surface area contributed by atoms with Crippen molar-refractivity contribution in [3.8, 4) is 5.75 Å². The lowest BCUT2D eigenvalue weighted by Crippen LogP contribution is -1.96. The van der Waals surface area contributed by atoms with Crippen molar-refractivity contribution in [1.82, 2.24) is 0 Å². The van der Waals surface area contributed by atoms with E-state index in [2.05, 4.69) is 0 Å². The maximum absolute atomic E-state index is 10.3. The van der Waals surface area contributed by atoms with Crippen LogP contribution in [0.5, 0.6) is 5.75 Å². The Hall–Kier alpha value is -1.35. The first kappa shape index (κ1) is 7.75. The predicted octanol–water partition coefficient (Wildman–Crippen LogP) is 0.663. The SMILES string of the molecule is NCc1cc(O)cc(C=O)c1.